The van der Waals surface area contributed by atoms with E-state index in [4.69, 9.17) is 10.5 Å². The maximum atomic E-state index is 11.2. The normalized spacial score (nSPS) is 28.5. The van der Waals surface area contributed by atoms with Crippen molar-refractivity contribution in [2.45, 2.75) is 38.1 Å². The van der Waals surface area contributed by atoms with Crippen molar-refractivity contribution in [2.24, 2.45) is 11.7 Å². The molecule has 0 radical (unpaired) electrons. The molecule has 0 amide bonds. The summed E-state index contributed by atoms with van der Waals surface area (Å²) >= 11 is 0. The summed E-state index contributed by atoms with van der Waals surface area (Å²) in [5.74, 6) is -0.193. The second-order valence-corrected chi connectivity index (χ2v) is 3.43. The van der Waals surface area contributed by atoms with Gasteiger partial charge in [-0.15, -0.1) is 12.4 Å². The van der Waals surface area contributed by atoms with E-state index in [-0.39, 0.29) is 30.3 Å². The van der Waals surface area contributed by atoms with Gasteiger partial charge >= 0.3 is 5.97 Å². The van der Waals surface area contributed by atoms with Crippen LogP contribution in [-0.2, 0) is 9.53 Å². The quantitative estimate of drug-likeness (QED) is 0.524. The Bertz CT molecular complexity index is 164. The van der Waals surface area contributed by atoms with E-state index in [0.717, 1.165) is 25.7 Å². The lowest BCUT2D eigenvalue weighted by molar-refractivity contribution is -0.146. The lowest BCUT2D eigenvalue weighted by atomic mass is 9.96. The van der Waals surface area contributed by atoms with Crippen molar-refractivity contribution in [3.05, 3.63) is 0 Å². The zero-order valence-corrected chi connectivity index (χ0v) is 8.81. The molecular formula is C9H18ClNO2. The molecule has 13 heavy (non-hydrogen) atoms. The van der Waals surface area contributed by atoms with Gasteiger partial charge in [0.2, 0.25) is 0 Å². The molecular weight excluding hydrogens is 190 g/mol. The number of halogens is 1. The van der Waals surface area contributed by atoms with Crippen LogP contribution in [0.2, 0.25) is 0 Å². The highest BCUT2D eigenvalue weighted by Gasteiger charge is 2.27. The summed E-state index contributed by atoms with van der Waals surface area (Å²) in [6.45, 7) is 0. The van der Waals surface area contributed by atoms with Crippen molar-refractivity contribution in [3.63, 3.8) is 0 Å². The van der Waals surface area contributed by atoms with E-state index in [1.807, 2.05) is 0 Å². The predicted molar refractivity (Wildman–Crippen MR) is 53.8 cm³/mol. The molecule has 1 saturated carbocycles. The highest BCUT2D eigenvalue weighted by atomic mass is 35.5. The Hall–Kier alpha value is -0.280. The van der Waals surface area contributed by atoms with E-state index in [2.05, 4.69) is 0 Å². The SMILES string of the molecule is COC(=O)C1CCCCCC1N.Cl. The average molecular weight is 208 g/mol. The molecule has 78 valence electrons. The summed E-state index contributed by atoms with van der Waals surface area (Å²) in [5, 5.41) is 0. The third kappa shape index (κ3) is 3.53. The van der Waals surface area contributed by atoms with Gasteiger partial charge in [-0.05, 0) is 12.8 Å². The standard InChI is InChI=1S/C9H17NO2.ClH/c1-12-9(11)7-5-3-2-4-6-8(7)10;/h7-8H,2-6,10H2,1H3;1H. The fourth-order valence-corrected chi connectivity index (χ4v) is 1.78. The van der Waals surface area contributed by atoms with Crippen LogP contribution in [0.15, 0.2) is 0 Å². The number of esters is 1. The molecule has 0 bridgehead atoms. The minimum Gasteiger partial charge on any atom is -0.469 e. The summed E-state index contributed by atoms with van der Waals surface area (Å²) in [7, 11) is 1.43. The lowest BCUT2D eigenvalue weighted by Gasteiger charge is -2.17. The molecule has 0 saturated heterocycles. The first-order valence-electron chi connectivity index (χ1n) is 4.59. The first-order chi connectivity index (χ1) is 5.75. The maximum absolute atomic E-state index is 11.2. The van der Waals surface area contributed by atoms with Gasteiger partial charge in [0.1, 0.15) is 0 Å². The molecule has 1 aliphatic carbocycles. The Morgan fingerprint density at radius 2 is 1.92 bits per heavy atom. The molecule has 0 spiro atoms. The minimum atomic E-state index is -0.135. The molecule has 0 aliphatic heterocycles. The zero-order chi connectivity index (χ0) is 8.97. The number of carbonyl (C=O) groups is 1. The Kier molecular flexibility index (Phi) is 6.08. The van der Waals surface area contributed by atoms with Crippen LogP contribution in [0.4, 0.5) is 0 Å². The largest absolute Gasteiger partial charge is 0.469 e. The minimum absolute atomic E-state index is 0. The van der Waals surface area contributed by atoms with Crippen LogP contribution < -0.4 is 5.73 Å². The number of ether oxygens (including phenoxy) is 1. The lowest BCUT2D eigenvalue weighted by Crippen LogP contribution is -2.35. The van der Waals surface area contributed by atoms with Crippen molar-refractivity contribution in [2.75, 3.05) is 7.11 Å². The molecule has 1 rings (SSSR count). The van der Waals surface area contributed by atoms with Crippen LogP contribution in [0.5, 0.6) is 0 Å². The van der Waals surface area contributed by atoms with Crippen LogP contribution in [0, 0.1) is 5.92 Å². The van der Waals surface area contributed by atoms with E-state index in [0.29, 0.717) is 0 Å². The second-order valence-electron chi connectivity index (χ2n) is 3.43. The van der Waals surface area contributed by atoms with Gasteiger partial charge in [0, 0.05) is 6.04 Å². The molecule has 3 nitrogen and oxygen atoms in total. The molecule has 0 aromatic heterocycles. The number of carbonyl (C=O) groups excluding carboxylic acids is 1. The summed E-state index contributed by atoms with van der Waals surface area (Å²) in [5.41, 5.74) is 5.85. The molecule has 2 N–H and O–H groups in total. The topological polar surface area (TPSA) is 52.3 Å². The third-order valence-electron chi connectivity index (χ3n) is 2.57. The number of rotatable bonds is 1. The third-order valence-corrected chi connectivity index (χ3v) is 2.57. The van der Waals surface area contributed by atoms with Crippen LogP contribution in [0.25, 0.3) is 0 Å². The fraction of sp³-hybridized carbons (Fsp3) is 0.889. The van der Waals surface area contributed by atoms with Crippen molar-refractivity contribution in [1.82, 2.24) is 0 Å². The average Bonchev–Trinajstić information content (AvgIpc) is 2.28. The monoisotopic (exact) mass is 207 g/mol. The van der Waals surface area contributed by atoms with Gasteiger partial charge in [-0.1, -0.05) is 19.3 Å². The predicted octanol–water partition coefficient (Wildman–Crippen LogP) is 1.49. The van der Waals surface area contributed by atoms with Crippen molar-refractivity contribution >= 4 is 18.4 Å². The highest BCUT2D eigenvalue weighted by molar-refractivity contribution is 5.85. The first-order valence-corrected chi connectivity index (χ1v) is 4.59. The summed E-state index contributed by atoms with van der Waals surface area (Å²) < 4.78 is 4.70. The molecule has 0 heterocycles. The Labute approximate surface area is 85.4 Å². The van der Waals surface area contributed by atoms with Gasteiger partial charge in [-0.2, -0.15) is 0 Å². The fourth-order valence-electron chi connectivity index (χ4n) is 1.78. The van der Waals surface area contributed by atoms with Crippen LogP contribution in [-0.4, -0.2) is 19.1 Å². The van der Waals surface area contributed by atoms with E-state index in [9.17, 15) is 4.79 Å². The van der Waals surface area contributed by atoms with Gasteiger partial charge in [0.15, 0.2) is 0 Å². The summed E-state index contributed by atoms with van der Waals surface area (Å²) in [4.78, 5) is 11.2. The van der Waals surface area contributed by atoms with E-state index >= 15 is 0 Å². The summed E-state index contributed by atoms with van der Waals surface area (Å²) in [6, 6.07) is 0.0138. The molecule has 1 fully saturated rings. The van der Waals surface area contributed by atoms with Crippen LogP contribution in [0.1, 0.15) is 32.1 Å². The number of hydrogen-bond acceptors (Lipinski definition) is 3. The molecule has 1 aliphatic rings. The van der Waals surface area contributed by atoms with Gasteiger partial charge in [0.25, 0.3) is 0 Å². The number of methoxy groups -OCH3 is 1. The summed E-state index contributed by atoms with van der Waals surface area (Å²) in [6.07, 6.45) is 5.30. The molecule has 0 aromatic rings. The van der Waals surface area contributed by atoms with Gasteiger partial charge < -0.3 is 10.5 Å². The number of hydrogen-bond donors (Lipinski definition) is 1. The molecule has 0 aromatic carbocycles. The van der Waals surface area contributed by atoms with Crippen molar-refractivity contribution in [1.29, 1.82) is 0 Å². The van der Waals surface area contributed by atoms with Crippen LogP contribution >= 0.6 is 12.4 Å². The zero-order valence-electron chi connectivity index (χ0n) is 7.99. The van der Waals surface area contributed by atoms with Crippen molar-refractivity contribution in [3.8, 4) is 0 Å². The molecule has 2 unspecified atom stereocenters. The van der Waals surface area contributed by atoms with Gasteiger partial charge in [-0.25, -0.2) is 0 Å². The molecule has 4 heteroatoms. The maximum Gasteiger partial charge on any atom is 0.310 e. The van der Waals surface area contributed by atoms with Crippen molar-refractivity contribution < 1.29 is 9.53 Å². The number of nitrogens with two attached hydrogens (primary N) is 1. The van der Waals surface area contributed by atoms with Gasteiger partial charge in [-0.3, -0.25) is 4.79 Å². The first kappa shape index (κ1) is 12.7. The molecule has 2 atom stereocenters. The smallest absolute Gasteiger partial charge is 0.310 e. The van der Waals surface area contributed by atoms with Gasteiger partial charge in [0.05, 0.1) is 13.0 Å². The second kappa shape index (κ2) is 6.22. The Morgan fingerprint density at radius 1 is 1.31 bits per heavy atom. The Morgan fingerprint density at radius 3 is 2.54 bits per heavy atom. The highest BCUT2D eigenvalue weighted by Crippen LogP contribution is 2.22. The van der Waals surface area contributed by atoms with Crippen LogP contribution in [0.3, 0.4) is 0 Å². The Balaban J connectivity index is 0.00000144. The van der Waals surface area contributed by atoms with E-state index in [1.165, 1.54) is 13.5 Å². The van der Waals surface area contributed by atoms with E-state index in [1.54, 1.807) is 0 Å². The van der Waals surface area contributed by atoms with E-state index < -0.39 is 0 Å².